The molecule has 1 aromatic heterocycles. The van der Waals surface area contributed by atoms with Gasteiger partial charge in [0.1, 0.15) is 11.4 Å². The number of nitrogens with zero attached hydrogens (tertiary/aromatic N) is 1. The minimum absolute atomic E-state index is 0.0882. The number of phenols is 1. The Kier molecular flexibility index (Phi) is 3.50. The van der Waals surface area contributed by atoms with E-state index in [0.717, 1.165) is 30.2 Å². The molecule has 122 valence electrons. The van der Waals surface area contributed by atoms with Gasteiger partial charge in [-0.25, -0.2) is 4.98 Å². The van der Waals surface area contributed by atoms with Crippen LogP contribution in [-0.2, 0) is 0 Å². The maximum absolute atomic E-state index is 12.8. The third-order valence-corrected chi connectivity index (χ3v) is 5.02. The van der Waals surface area contributed by atoms with Gasteiger partial charge in [0, 0.05) is 10.8 Å². The Morgan fingerprint density at radius 1 is 1.00 bits per heavy atom. The molecule has 0 aliphatic heterocycles. The Hall–Kier alpha value is -2.46. The van der Waals surface area contributed by atoms with E-state index in [1.165, 1.54) is 0 Å². The maximum Gasteiger partial charge on any atom is 0.198 e. The molecular formula is C20H19NO3. The molecule has 0 amide bonds. The summed E-state index contributed by atoms with van der Waals surface area (Å²) in [6, 6.07) is 12.8. The first-order valence-electron chi connectivity index (χ1n) is 8.37. The zero-order valence-corrected chi connectivity index (χ0v) is 13.3. The van der Waals surface area contributed by atoms with E-state index in [2.05, 4.69) is 4.98 Å². The molecule has 4 heteroatoms. The summed E-state index contributed by atoms with van der Waals surface area (Å²) >= 11 is 0. The van der Waals surface area contributed by atoms with Gasteiger partial charge in [-0.15, -0.1) is 0 Å². The Morgan fingerprint density at radius 2 is 1.75 bits per heavy atom. The van der Waals surface area contributed by atoms with E-state index in [4.69, 9.17) is 0 Å². The van der Waals surface area contributed by atoms with Crippen LogP contribution < -0.4 is 0 Å². The Balaban J connectivity index is 1.86. The summed E-state index contributed by atoms with van der Waals surface area (Å²) in [4.78, 5) is 17.4. The van der Waals surface area contributed by atoms with Crippen LogP contribution in [0.3, 0.4) is 0 Å². The SMILES string of the molecule is O=C(c1ccc2nc3ccccc3cc2c1O)C1(O)CCCCC1. The topological polar surface area (TPSA) is 70.4 Å². The van der Waals surface area contributed by atoms with Gasteiger partial charge in [-0.2, -0.15) is 0 Å². The number of hydrogen-bond acceptors (Lipinski definition) is 4. The van der Waals surface area contributed by atoms with Crippen molar-refractivity contribution in [1.29, 1.82) is 0 Å². The molecule has 3 aromatic rings. The largest absolute Gasteiger partial charge is 0.506 e. The molecule has 1 fully saturated rings. The number of hydrogen-bond donors (Lipinski definition) is 2. The van der Waals surface area contributed by atoms with E-state index in [1.54, 1.807) is 12.1 Å². The Bertz CT molecular complexity index is 942. The number of fused-ring (bicyclic) bond motifs is 2. The average molecular weight is 321 g/mol. The molecule has 0 unspecified atom stereocenters. The van der Waals surface area contributed by atoms with E-state index in [-0.39, 0.29) is 17.1 Å². The molecule has 2 aromatic carbocycles. The van der Waals surface area contributed by atoms with Crippen molar-refractivity contribution in [3.8, 4) is 5.75 Å². The quantitative estimate of drug-likeness (QED) is 0.553. The van der Waals surface area contributed by atoms with Gasteiger partial charge in [0.25, 0.3) is 0 Å². The van der Waals surface area contributed by atoms with Gasteiger partial charge in [-0.05, 0) is 37.1 Å². The number of aromatic nitrogens is 1. The van der Waals surface area contributed by atoms with Crippen molar-refractivity contribution >= 4 is 27.6 Å². The lowest BCUT2D eigenvalue weighted by atomic mass is 9.79. The molecule has 0 saturated heterocycles. The van der Waals surface area contributed by atoms with E-state index in [9.17, 15) is 15.0 Å². The number of carbonyl (C=O) groups is 1. The Labute approximate surface area is 139 Å². The molecule has 0 bridgehead atoms. The van der Waals surface area contributed by atoms with Crippen LogP contribution in [0.25, 0.3) is 21.8 Å². The molecule has 4 rings (SSSR count). The van der Waals surface area contributed by atoms with Crippen molar-refractivity contribution in [3.05, 3.63) is 48.0 Å². The number of aromatic hydroxyl groups is 1. The van der Waals surface area contributed by atoms with Crippen LogP contribution in [0.5, 0.6) is 5.75 Å². The summed E-state index contributed by atoms with van der Waals surface area (Å²) in [5, 5.41) is 22.8. The number of para-hydroxylation sites is 1. The van der Waals surface area contributed by atoms with Gasteiger partial charge in [-0.1, -0.05) is 37.5 Å². The molecule has 4 nitrogen and oxygen atoms in total. The second kappa shape index (κ2) is 5.56. The third kappa shape index (κ3) is 2.34. The number of ketones is 1. The fourth-order valence-electron chi connectivity index (χ4n) is 3.63. The summed E-state index contributed by atoms with van der Waals surface area (Å²) in [5.74, 6) is -0.468. The zero-order chi connectivity index (χ0) is 16.7. The van der Waals surface area contributed by atoms with Crippen molar-refractivity contribution in [3.63, 3.8) is 0 Å². The first-order valence-corrected chi connectivity index (χ1v) is 8.37. The molecule has 24 heavy (non-hydrogen) atoms. The molecule has 2 N–H and O–H groups in total. The summed E-state index contributed by atoms with van der Waals surface area (Å²) in [6.07, 6.45) is 3.62. The van der Waals surface area contributed by atoms with Crippen molar-refractivity contribution in [1.82, 2.24) is 4.98 Å². The summed E-state index contributed by atoms with van der Waals surface area (Å²) in [7, 11) is 0. The van der Waals surface area contributed by atoms with Gasteiger partial charge >= 0.3 is 0 Å². The molecule has 0 radical (unpaired) electrons. The minimum atomic E-state index is -1.35. The smallest absolute Gasteiger partial charge is 0.198 e. The highest BCUT2D eigenvalue weighted by molar-refractivity contribution is 6.09. The van der Waals surface area contributed by atoms with Gasteiger partial charge in [0.05, 0.1) is 16.6 Å². The molecule has 1 saturated carbocycles. The molecule has 1 heterocycles. The van der Waals surface area contributed by atoms with E-state index in [1.807, 2.05) is 30.3 Å². The highest BCUT2D eigenvalue weighted by atomic mass is 16.3. The van der Waals surface area contributed by atoms with Crippen LogP contribution in [0.15, 0.2) is 42.5 Å². The van der Waals surface area contributed by atoms with Crippen molar-refractivity contribution in [2.75, 3.05) is 0 Å². The molecule has 1 aliphatic carbocycles. The second-order valence-corrected chi connectivity index (χ2v) is 6.63. The number of rotatable bonds is 2. The number of phenolic OH excluding ortho intramolecular Hbond substituents is 1. The standard InChI is InChI=1S/C20H19NO3/c22-18-14(19(23)20(24)10-4-1-5-11-20)8-9-17-15(18)12-13-6-2-3-7-16(13)21-17/h2-3,6-9,12,22,24H,1,4-5,10-11H2. The Morgan fingerprint density at radius 3 is 2.54 bits per heavy atom. The number of benzene rings is 2. The molecule has 1 aliphatic rings. The lowest BCUT2D eigenvalue weighted by Crippen LogP contribution is -2.40. The van der Waals surface area contributed by atoms with Crippen molar-refractivity contribution in [2.45, 2.75) is 37.7 Å². The predicted molar refractivity (Wildman–Crippen MR) is 93.3 cm³/mol. The van der Waals surface area contributed by atoms with Crippen LogP contribution in [0.1, 0.15) is 42.5 Å². The summed E-state index contributed by atoms with van der Waals surface area (Å²) in [6.45, 7) is 0. The monoisotopic (exact) mass is 321 g/mol. The molecular weight excluding hydrogens is 302 g/mol. The van der Waals surface area contributed by atoms with Gasteiger partial charge in [0.15, 0.2) is 5.78 Å². The summed E-state index contributed by atoms with van der Waals surface area (Å²) in [5.41, 5.74) is 0.310. The van der Waals surface area contributed by atoms with Crippen LogP contribution >= 0.6 is 0 Å². The highest BCUT2D eigenvalue weighted by Crippen LogP contribution is 2.36. The van der Waals surface area contributed by atoms with Crippen LogP contribution in [0, 0.1) is 0 Å². The lowest BCUT2D eigenvalue weighted by molar-refractivity contribution is 0.0114. The fraction of sp³-hybridized carbons (Fsp3) is 0.300. The number of Topliss-reactive ketones (excluding diaryl/α,β-unsaturated/α-hetero) is 1. The third-order valence-electron chi connectivity index (χ3n) is 5.02. The predicted octanol–water partition coefficient (Wildman–Crippen LogP) is 3.97. The van der Waals surface area contributed by atoms with Gasteiger partial charge in [-0.3, -0.25) is 4.79 Å². The summed E-state index contributed by atoms with van der Waals surface area (Å²) < 4.78 is 0. The molecule has 0 spiro atoms. The average Bonchev–Trinajstić information content (AvgIpc) is 2.61. The van der Waals surface area contributed by atoms with E-state index in [0.29, 0.717) is 23.7 Å². The van der Waals surface area contributed by atoms with E-state index >= 15 is 0 Å². The number of aliphatic hydroxyl groups is 1. The van der Waals surface area contributed by atoms with Gasteiger partial charge in [0.2, 0.25) is 0 Å². The van der Waals surface area contributed by atoms with E-state index < -0.39 is 5.60 Å². The molecule has 0 atom stereocenters. The second-order valence-electron chi connectivity index (χ2n) is 6.63. The van der Waals surface area contributed by atoms with Crippen LogP contribution in [0.2, 0.25) is 0 Å². The first-order chi connectivity index (χ1) is 11.6. The van der Waals surface area contributed by atoms with Crippen molar-refractivity contribution < 1.29 is 15.0 Å². The normalized spacial score (nSPS) is 17.2. The maximum atomic E-state index is 12.8. The number of carbonyl (C=O) groups excluding carboxylic acids is 1. The van der Waals surface area contributed by atoms with Crippen molar-refractivity contribution in [2.24, 2.45) is 0 Å². The number of pyridine rings is 1. The lowest BCUT2D eigenvalue weighted by Gasteiger charge is -2.30. The van der Waals surface area contributed by atoms with Crippen LogP contribution in [-0.4, -0.2) is 26.6 Å². The minimum Gasteiger partial charge on any atom is -0.506 e. The zero-order valence-electron chi connectivity index (χ0n) is 13.3. The highest BCUT2D eigenvalue weighted by Gasteiger charge is 2.38. The fourth-order valence-corrected chi connectivity index (χ4v) is 3.63. The van der Waals surface area contributed by atoms with Crippen LogP contribution in [0.4, 0.5) is 0 Å². The first kappa shape index (κ1) is 15.1. The van der Waals surface area contributed by atoms with Gasteiger partial charge < -0.3 is 10.2 Å².